The maximum Gasteiger partial charge on any atom is 0.188 e. The van der Waals surface area contributed by atoms with Crippen molar-refractivity contribution in [2.24, 2.45) is 0 Å². The summed E-state index contributed by atoms with van der Waals surface area (Å²) in [4.78, 5) is 15.3. The predicted molar refractivity (Wildman–Crippen MR) is 104 cm³/mol. The van der Waals surface area contributed by atoms with Gasteiger partial charge in [-0.1, -0.05) is 59.3 Å². The average molecular weight is 354 g/mol. The Bertz CT molecular complexity index is 387. The Morgan fingerprint density at radius 2 is 1.64 bits per heavy atom. The van der Waals surface area contributed by atoms with E-state index >= 15 is 0 Å². The molecule has 146 valence electrons. The Labute approximate surface area is 154 Å². The van der Waals surface area contributed by atoms with E-state index in [2.05, 4.69) is 25.7 Å². The number of carbonyl (C=O) groups excluding carboxylic acids is 1. The van der Waals surface area contributed by atoms with Gasteiger partial charge < -0.3 is 9.47 Å². The van der Waals surface area contributed by atoms with Crippen LogP contribution < -0.4 is 0 Å². The highest BCUT2D eigenvalue weighted by molar-refractivity contribution is 5.99. The quantitative estimate of drug-likeness (QED) is 0.423. The number of hydrogen-bond acceptors (Lipinski definition) is 4. The molecule has 1 heterocycles. The van der Waals surface area contributed by atoms with E-state index in [1.54, 1.807) is 7.11 Å². The van der Waals surface area contributed by atoms with Crippen molar-refractivity contribution < 1.29 is 14.3 Å². The second-order valence-corrected chi connectivity index (χ2v) is 7.12. The summed E-state index contributed by atoms with van der Waals surface area (Å²) in [6.07, 6.45) is 11.3. The molecule has 0 amide bonds. The predicted octanol–water partition coefficient (Wildman–Crippen LogP) is 4.73. The Balaban J connectivity index is 2.68. The third-order valence-corrected chi connectivity index (χ3v) is 4.85. The molecule has 4 heteroatoms. The number of methoxy groups -OCH3 is 1. The molecule has 2 atom stereocenters. The Kier molecular flexibility index (Phi) is 12.0. The van der Waals surface area contributed by atoms with Crippen LogP contribution in [-0.4, -0.2) is 49.8 Å². The highest BCUT2D eigenvalue weighted by Crippen LogP contribution is 2.22. The van der Waals surface area contributed by atoms with Crippen LogP contribution >= 0.6 is 0 Å². The zero-order chi connectivity index (χ0) is 18.5. The summed E-state index contributed by atoms with van der Waals surface area (Å²) in [6.45, 7) is 9.47. The molecule has 2 unspecified atom stereocenters. The fourth-order valence-electron chi connectivity index (χ4n) is 3.20. The smallest absolute Gasteiger partial charge is 0.188 e. The summed E-state index contributed by atoms with van der Waals surface area (Å²) < 4.78 is 11.2. The SMILES string of the molecule is CCCCCCC1OC(OC)C=C(CN(CCCC)CCCC)C1=O. The first-order chi connectivity index (χ1) is 12.2. The van der Waals surface area contributed by atoms with Crippen LogP contribution in [0, 0.1) is 0 Å². The molecule has 0 saturated carbocycles. The second-order valence-electron chi connectivity index (χ2n) is 7.12. The van der Waals surface area contributed by atoms with E-state index in [0.29, 0.717) is 0 Å². The van der Waals surface area contributed by atoms with Gasteiger partial charge >= 0.3 is 0 Å². The van der Waals surface area contributed by atoms with Gasteiger partial charge in [-0.3, -0.25) is 9.69 Å². The zero-order valence-corrected chi connectivity index (χ0v) is 16.9. The van der Waals surface area contributed by atoms with Crippen LogP contribution in [0.25, 0.3) is 0 Å². The Morgan fingerprint density at radius 3 is 2.20 bits per heavy atom. The standard InChI is InChI=1S/C21H39NO3/c1-5-8-11-12-13-19-21(23)18(16-20(24-4)25-19)17-22(14-9-6-2)15-10-7-3/h16,19-20H,5-15,17H2,1-4H3. The summed E-state index contributed by atoms with van der Waals surface area (Å²) in [6, 6.07) is 0. The van der Waals surface area contributed by atoms with E-state index in [-0.39, 0.29) is 18.2 Å². The molecular weight excluding hydrogens is 314 g/mol. The average Bonchev–Trinajstić information content (AvgIpc) is 2.63. The molecule has 4 nitrogen and oxygen atoms in total. The van der Waals surface area contributed by atoms with Crippen molar-refractivity contribution in [2.75, 3.05) is 26.7 Å². The third kappa shape index (κ3) is 8.48. The van der Waals surface area contributed by atoms with Crippen molar-refractivity contribution in [1.29, 1.82) is 0 Å². The van der Waals surface area contributed by atoms with Crippen LogP contribution in [0.15, 0.2) is 11.6 Å². The molecule has 0 aliphatic carbocycles. The third-order valence-electron chi connectivity index (χ3n) is 4.85. The highest BCUT2D eigenvalue weighted by atomic mass is 16.7. The molecule has 0 saturated heterocycles. The maximum absolute atomic E-state index is 12.9. The van der Waals surface area contributed by atoms with Gasteiger partial charge in [-0.2, -0.15) is 0 Å². The number of nitrogens with zero attached hydrogens (tertiary/aromatic N) is 1. The fraction of sp³-hybridized carbons (Fsp3) is 0.857. The minimum atomic E-state index is -0.386. The number of hydrogen-bond donors (Lipinski definition) is 0. The maximum atomic E-state index is 12.9. The molecule has 0 radical (unpaired) electrons. The summed E-state index contributed by atoms with van der Waals surface area (Å²) in [7, 11) is 1.65. The van der Waals surface area contributed by atoms with Crippen LogP contribution in [0.1, 0.15) is 78.6 Å². The Hall–Kier alpha value is -0.710. The molecule has 1 aliphatic rings. The zero-order valence-electron chi connectivity index (χ0n) is 16.9. The second kappa shape index (κ2) is 13.5. The number of carbonyl (C=O) groups is 1. The van der Waals surface area contributed by atoms with Gasteiger partial charge in [-0.25, -0.2) is 0 Å². The number of unbranched alkanes of at least 4 members (excludes halogenated alkanes) is 5. The van der Waals surface area contributed by atoms with Gasteiger partial charge in [0.2, 0.25) is 0 Å². The van der Waals surface area contributed by atoms with Gasteiger partial charge in [0.15, 0.2) is 12.1 Å². The number of rotatable bonds is 14. The van der Waals surface area contributed by atoms with Gasteiger partial charge in [0.05, 0.1) is 0 Å². The van der Waals surface area contributed by atoms with Crippen LogP contribution in [-0.2, 0) is 14.3 Å². The Morgan fingerprint density at radius 1 is 1.00 bits per heavy atom. The highest BCUT2D eigenvalue weighted by Gasteiger charge is 2.31. The molecule has 1 aliphatic heterocycles. The first kappa shape index (κ1) is 22.3. The molecular formula is C21H39NO3. The summed E-state index contributed by atoms with van der Waals surface area (Å²) in [5.74, 6) is 0.169. The molecule has 0 fully saturated rings. The lowest BCUT2D eigenvalue weighted by Crippen LogP contribution is -2.40. The summed E-state index contributed by atoms with van der Waals surface area (Å²) in [5.41, 5.74) is 0.880. The topological polar surface area (TPSA) is 38.8 Å². The van der Waals surface area contributed by atoms with E-state index in [1.165, 1.54) is 44.9 Å². The first-order valence-corrected chi connectivity index (χ1v) is 10.3. The van der Waals surface area contributed by atoms with Crippen molar-refractivity contribution in [3.05, 3.63) is 11.6 Å². The molecule has 0 aromatic rings. The molecule has 1 rings (SSSR count). The number of Topliss-reactive ketones (excluding diaryl/α,β-unsaturated/α-hetero) is 1. The van der Waals surface area contributed by atoms with Crippen LogP contribution in [0.2, 0.25) is 0 Å². The van der Waals surface area contributed by atoms with E-state index in [1.807, 2.05) is 6.08 Å². The van der Waals surface area contributed by atoms with Gasteiger partial charge in [0, 0.05) is 19.2 Å². The van der Waals surface area contributed by atoms with Gasteiger partial charge in [-0.15, -0.1) is 0 Å². The van der Waals surface area contributed by atoms with Crippen LogP contribution in [0.4, 0.5) is 0 Å². The fourth-order valence-corrected chi connectivity index (χ4v) is 3.20. The van der Waals surface area contributed by atoms with E-state index in [4.69, 9.17) is 9.47 Å². The van der Waals surface area contributed by atoms with Crippen LogP contribution in [0.5, 0.6) is 0 Å². The van der Waals surface area contributed by atoms with Crippen molar-refractivity contribution in [2.45, 2.75) is 91.0 Å². The lowest BCUT2D eigenvalue weighted by atomic mass is 9.97. The van der Waals surface area contributed by atoms with Gasteiger partial charge in [0.25, 0.3) is 0 Å². The normalized spacial score (nSPS) is 21.0. The lowest BCUT2D eigenvalue weighted by molar-refractivity contribution is -0.158. The van der Waals surface area contributed by atoms with Gasteiger partial charge in [-0.05, 0) is 38.4 Å². The van der Waals surface area contributed by atoms with Crippen molar-refractivity contribution in [1.82, 2.24) is 4.90 Å². The van der Waals surface area contributed by atoms with E-state index in [9.17, 15) is 4.79 Å². The minimum Gasteiger partial charge on any atom is -0.352 e. The summed E-state index contributed by atoms with van der Waals surface area (Å²) >= 11 is 0. The monoisotopic (exact) mass is 353 g/mol. The molecule has 0 bridgehead atoms. The lowest BCUT2D eigenvalue weighted by Gasteiger charge is -2.30. The molecule has 25 heavy (non-hydrogen) atoms. The number of ketones is 1. The molecule has 0 aromatic carbocycles. The minimum absolute atomic E-state index is 0.169. The first-order valence-electron chi connectivity index (χ1n) is 10.3. The largest absolute Gasteiger partial charge is 0.352 e. The summed E-state index contributed by atoms with van der Waals surface area (Å²) in [5, 5.41) is 0. The van der Waals surface area contributed by atoms with E-state index in [0.717, 1.165) is 38.0 Å². The molecule has 0 N–H and O–H groups in total. The van der Waals surface area contributed by atoms with Crippen molar-refractivity contribution in [3.8, 4) is 0 Å². The molecule has 0 aromatic heterocycles. The number of ether oxygens (including phenoxy) is 2. The van der Waals surface area contributed by atoms with Crippen LogP contribution in [0.3, 0.4) is 0 Å². The van der Waals surface area contributed by atoms with Crippen molar-refractivity contribution in [3.63, 3.8) is 0 Å². The van der Waals surface area contributed by atoms with Gasteiger partial charge in [0.1, 0.15) is 6.10 Å². The van der Waals surface area contributed by atoms with E-state index < -0.39 is 0 Å². The molecule has 0 spiro atoms. The van der Waals surface area contributed by atoms with Crippen molar-refractivity contribution >= 4 is 5.78 Å².